The van der Waals surface area contributed by atoms with Crippen molar-refractivity contribution in [2.75, 3.05) is 0 Å². The van der Waals surface area contributed by atoms with Gasteiger partial charge in [0, 0.05) is 46.4 Å². The fourth-order valence-electron chi connectivity index (χ4n) is 2.89. The third-order valence-electron chi connectivity index (χ3n) is 4.09. The number of aromatic amines is 1. The Hall–Kier alpha value is -2.49. The summed E-state index contributed by atoms with van der Waals surface area (Å²) in [4.78, 5) is 24.4. The van der Waals surface area contributed by atoms with Crippen molar-refractivity contribution in [3.8, 4) is 0 Å². The molecule has 1 aliphatic carbocycles. The number of rotatable bonds is 2. The highest BCUT2D eigenvalue weighted by Crippen LogP contribution is 2.52. The predicted octanol–water partition coefficient (Wildman–Crippen LogP) is 2.90. The minimum Gasteiger partial charge on any atom is -0.358 e. The molecule has 2 aromatic heterocycles. The molecule has 0 unspecified atom stereocenters. The molecule has 1 saturated carbocycles. The van der Waals surface area contributed by atoms with Gasteiger partial charge in [0.1, 0.15) is 5.82 Å². The number of benzene rings is 1. The Kier molecular flexibility index (Phi) is 2.64. The first-order chi connectivity index (χ1) is 10.2. The van der Waals surface area contributed by atoms with E-state index in [4.69, 9.17) is 0 Å². The van der Waals surface area contributed by atoms with Crippen LogP contribution in [0, 0.1) is 6.92 Å². The molecule has 1 N–H and O–H groups in total. The smallest absolute Gasteiger partial charge is 0.189 e. The Morgan fingerprint density at radius 3 is 2.90 bits per heavy atom. The Morgan fingerprint density at radius 1 is 1.19 bits per heavy atom. The molecule has 1 aliphatic rings. The van der Waals surface area contributed by atoms with Gasteiger partial charge in [0.15, 0.2) is 5.43 Å². The number of aryl methyl sites for hydroxylation is 1. The van der Waals surface area contributed by atoms with Crippen molar-refractivity contribution in [2.24, 2.45) is 0 Å². The van der Waals surface area contributed by atoms with Crippen LogP contribution in [0.15, 0.2) is 47.4 Å². The van der Waals surface area contributed by atoms with Gasteiger partial charge in [-0.3, -0.25) is 4.79 Å². The number of nitrogens with one attached hydrogen (secondary N) is 1. The number of aromatic nitrogens is 3. The second-order valence-corrected chi connectivity index (χ2v) is 5.64. The van der Waals surface area contributed by atoms with Gasteiger partial charge in [0.25, 0.3) is 0 Å². The molecular weight excluding hydrogens is 262 g/mol. The Labute approximate surface area is 121 Å². The molecule has 0 bridgehead atoms. The highest BCUT2D eigenvalue weighted by atomic mass is 16.1. The maximum absolute atomic E-state index is 12.2. The molecule has 0 spiro atoms. The van der Waals surface area contributed by atoms with Crippen LogP contribution in [0.3, 0.4) is 0 Å². The first kappa shape index (κ1) is 12.3. The van der Waals surface area contributed by atoms with E-state index in [1.165, 1.54) is 0 Å². The SMILES string of the molecule is Cc1ccnc([C@H]2C[C@@H]2c2cc(=O)c3ccccc3[nH]2)n1. The largest absolute Gasteiger partial charge is 0.358 e. The number of hydrogen-bond donors (Lipinski definition) is 1. The summed E-state index contributed by atoms with van der Waals surface area (Å²) in [6.45, 7) is 1.97. The van der Waals surface area contributed by atoms with Crippen LogP contribution in [0.4, 0.5) is 0 Å². The summed E-state index contributed by atoms with van der Waals surface area (Å²) >= 11 is 0. The van der Waals surface area contributed by atoms with Crippen molar-refractivity contribution in [3.63, 3.8) is 0 Å². The summed E-state index contributed by atoms with van der Waals surface area (Å²) in [6, 6.07) is 11.3. The lowest BCUT2D eigenvalue weighted by Gasteiger charge is -2.04. The molecule has 4 rings (SSSR count). The fourth-order valence-corrected chi connectivity index (χ4v) is 2.89. The molecule has 1 aromatic carbocycles. The summed E-state index contributed by atoms with van der Waals surface area (Å²) < 4.78 is 0. The van der Waals surface area contributed by atoms with Gasteiger partial charge < -0.3 is 4.98 Å². The zero-order valence-corrected chi connectivity index (χ0v) is 11.7. The van der Waals surface area contributed by atoms with Crippen LogP contribution < -0.4 is 5.43 Å². The summed E-state index contributed by atoms with van der Waals surface area (Å²) in [5.74, 6) is 1.53. The molecular formula is C17H15N3O. The molecule has 0 saturated heterocycles. The van der Waals surface area contributed by atoms with Crippen LogP contribution in [0.25, 0.3) is 10.9 Å². The van der Waals surface area contributed by atoms with Crippen LogP contribution in [-0.4, -0.2) is 15.0 Å². The van der Waals surface area contributed by atoms with Crippen LogP contribution >= 0.6 is 0 Å². The average Bonchev–Trinajstić information content (AvgIpc) is 3.28. The highest BCUT2D eigenvalue weighted by molar-refractivity contribution is 5.78. The number of H-pyrrole nitrogens is 1. The number of nitrogens with zero attached hydrogens (tertiary/aromatic N) is 2. The molecule has 0 radical (unpaired) electrons. The minimum absolute atomic E-state index is 0.0789. The van der Waals surface area contributed by atoms with Gasteiger partial charge in [-0.05, 0) is 31.5 Å². The lowest BCUT2D eigenvalue weighted by Crippen LogP contribution is -2.05. The summed E-state index contributed by atoms with van der Waals surface area (Å²) in [7, 11) is 0. The molecule has 0 aliphatic heterocycles. The zero-order chi connectivity index (χ0) is 14.4. The number of pyridine rings is 1. The highest BCUT2D eigenvalue weighted by Gasteiger charge is 2.42. The standard InChI is InChI=1S/C17H15N3O/c1-10-6-7-18-17(19-10)13-8-12(13)15-9-16(21)11-4-2-3-5-14(11)20-15/h2-7,9,12-13H,8H2,1H3,(H,20,21)/t12-,13-/m0/s1. The van der Waals surface area contributed by atoms with Crippen molar-refractivity contribution in [2.45, 2.75) is 25.2 Å². The summed E-state index contributed by atoms with van der Waals surface area (Å²) in [5, 5.41) is 0.741. The average molecular weight is 277 g/mol. The predicted molar refractivity (Wildman–Crippen MR) is 81.4 cm³/mol. The lowest BCUT2D eigenvalue weighted by molar-refractivity contribution is 0.867. The van der Waals surface area contributed by atoms with Crippen molar-refractivity contribution in [3.05, 3.63) is 70.0 Å². The minimum atomic E-state index is 0.0789. The quantitative estimate of drug-likeness (QED) is 0.783. The van der Waals surface area contributed by atoms with Crippen LogP contribution in [0.1, 0.15) is 35.5 Å². The van der Waals surface area contributed by atoms with E-state index >= 15 is 0 Å². The van der Waals surface area contributed by atoms with Crippen LogP contribution in [0.2, 0.25) is 0 Å². The number of para-hydroxylation sites is 1. The maximum atomic E-state index is 12.2. The monoisotopic (exact) mass is 277 g/mol. The molecule has 21 heavy (non-hydrogen) atoms. The van der Waals surface area contributed by atoms with Crippen LogP contribution in [0.5, 0.6) is 0 Å². The topological polar surface area (TPSA) is 58.6 Å². The normalized spacial score (nSPS) is 20.6. The third-order valence-corrected chi connectivity index (χ3v) is 4.09. The van der Waals surface area contributed by atoms with Gasteiger partial charge in [0.05, 0.1) is 0 Å². The van der Waals surface area contributed by atoms with Crippen LogP contribution in [-0.2, 0) is 0 Å². The lowest BCUT2D eigenvalue weighted by atomic mass is 10.1. The van der Waals surface area contributed by atoms with Gasteiger partial charge in [-0.1, -0.05) is 12.1 Å². The molecule has 104 valence electrons. The zero-order valence-electron chi connectivity index (χ0n) is 11.7. The molecule has 3 aromatic rings. The first-order valence-corrected chi connectivity index (χ1v) is 7.14. The second-order valence-electron chi connectivity index (χ2n) is 5.64. The molecule has 4 nitrogen and oxygen atoms in total. The van der Waals surface area contributed by atoms with Gasteiger partial charge in [-0.15, -0.1) is 0 Å². The molecule has 0 amide bonds. The molecule has 1 fully saturated rings. The van der Waals surface area contributed by atoms with Gasteiger partial charge in [-0.2, -0.15) is 0 Å². The molecule has 2 heterocycles. The Morgan fingerprint density at radius 2 is 2.05 bits per heavy atom. The van der Waals surface area contributed by atoms with Gasteiger partial charge in [-0.25, -0.2) is 9.97 Å². The molecule has 4 heteroatoms. The van der Waals surface area contributed by atoms with E-state index in [1.54, 1.807) is 12.3 Å². The first-order valence-electron chi connectivity index (χ1n) is 7.14. The third kappa shape index (κ3) is 2.13. The van der Waals surface area contributed by atoms with E-state index in [2.05, 4.69) is 15.0 Å². The van der Waals surface area contributed by atoms with Crippen molar-refractivity contribution in [1.82, 2.24) is 15.0 Å². The van der Waals surface area contributed by atoms with Gasteiger partial charge in [0.2, 0.25) is 0 Å². The van der Waals surface area contributed by atoms with E-state index < -0.39 is 0 Å². The number of fused-ring (bicyclic) bond motifs is 1. The van der Waals surface area contributed by atoms with E-state index in [1.807, 2.05) is 37.3 Å². The molecule has 2 atom stereocenters. The van der Waals surface area contributed by atoms with E-state index in [-0.39, 0.29) is 5.43 Å². The van der Waals surface area contributed by atoms with Crippen molar-refractivity contribution in [1.29, 1.82) is 0 Å². The Bertz CT molecular complexity index is 884. The van der Waals surface area contributed by atoms with E-state index in [9.17, 15) is 4.79 Å². The number of hydrogen-bond acceptors (Lipinski definition) is 3. The van der Waals surface area contributed by atoms with Gasteiger partial charge >= 0.3 is 0 Å². The van der Waals surface area contributed by atoms with Crippen molar-refractivity contribution >= 4 is 10.9 Å². The second kappa shape index (κ2) is 4.52. The summed E-state index contributed by atoms with van der Waals surface area (Å²) in [6.07, 6.45) is 2.80. The summed E-state index contributed by atoms with van der Waals surface area (Å²) in [5.41, 5.74) is 2.96. The van der Waals surface area contributed by atoms with Crippen molar-refractivity contribution < 1.29 is 0 Å². The fraction of sp³-hybridized carbons (Fsp3) is 0.235. The maximum Gasteiger partial charge on any atom is 0.189 e. The Balaban J connectivity index is 1.71. The van der Waals surface area contributed by atoms with E-state index in [0.717, 1.165) is 34.5 Å². The van der Waals surface area contributed by atoms with E-state index in [0.29, 0.717) is 11.8 Å².